The van der Waals surface area contributed by atoms with Gasteiger partial charge in [-0.25, -0.2) is 0 Å². The summed E-state index contributed by atoms with van der Waals surface area (Å²) in [6.07, 6.45) is 2.54. The standard InChI is InChI=1S/C22H19N3O5/c26-19(23-10-9-14-11-24-17-7-3-1-5-15(14)17)13-30-20(27)12-25-18-8-4-2-6-16(18)21(28)22(25)29/h1-8,11,24H,9-10,12-13H2,(H,23,26). The van der Waals surface area contributed by atoms with Gasteiger partial charge >= 0.3 is 5.97 Å². The average Bonchev–Trinajstić information content (AvgIpc) is 3.27. The van der Waals surface area contributed by atoms with Crippen LogP contribution in [-0.2, 0) is 25.5 Å². The number of hydrogen-bond donors (Lipinski definition) is 2. The Labute approximate surface area is 171 Å². The lowest BCUT2D eigenvalue weighted by molar-refractivity contribution is -0.147. The molecule has 0 saturated heterocycles. The average molecular weight is 405 g/mol. The van der Waals surface area contributed by atoms with Gasteiger partial charge in [0.25, 0.3) is 17.6 Å². The first-order valence-corrected chi connectivity index (χ1v) is 9.47. The second-order valence-corrected chi connectivity index (χ2v) is 6.86. The number of benzene rings is 2. The molecule has 2 aromatic carbocycles. The summed E-state index contributed by atoms with van der Waals surface area (Å²) >= 11 is 0. The highest BCUT2D eigenvalue weighted by molar-refractivity contribution is 6.52. The number of rotatable bonds is 7. The third-order valence-electron chi connectivity index (χ3n) is 4.92. The van der Waals surface area contributed by atoms with E-state index in [1.54, 1.807) is 18.2 Å². The van der Waals surface area contributed by atoms with Crippen LogP contribution in [-0.4, -0.2) is 48.2 Å². The first-order valence-electron chi connectivity index (χ1n) is 9.47. The number of nitrogens with zero attached hydrogens (tertiary/aromatic N) is 1. The van der Waals surface area contributed by atoms with Crippen LogP contribution in [0.4, 0.5) is 5.69 Å². The predicted molar refractivity (Wildman–Crippen MR) is 109 cm³/mol. The van der Waals surface area contributed by atoms with Crippen LogP contribution in [0.3, 0.4) is 0 Å². The van der Waals surface area contributed by atoms with Crippen LogP contribution >= 0.6 is 0 Å². The van der Waals surface area contributed by atoms with Gasteiger partial charge in [-0.15, -0.1) is 0 Å². The number of para-hydroxylation sites is 2. The van der Waals surface area contributed by atoms with Crippen molar-refractivity contribution in [1.29, 1.82) is 0 Å². The van der Waals surface area contributed by atoms with Gasteiger partial charge in [0.2, 0.25) is 0 Å². The largest absolute Gasteiger partial charge is 0.454 e. The van der Waals surface area contributed by atoms with Crippen LogP contribution in [0, 0.1) is 0 Å². The summed E-state index contributed by atoms with van der Waals surface area (Å²) in [5.41, 5.74) is 2.74. The van der Waals surface area contributed by atoms with Crippen LogP contribution < -0.4 is 10.2 Å². The molecule has 0 radical (unpaired) electrons. The molecular formula is C22H19N3O5. The number of anilines is 1. The van der Waals surface area contributed by atoms with E-state index in [0.29, 0.717) is 18.7 Å². The van der Waals surface area contributed by atoms with Crippen LogP contribution in [0.1, 0.15) is 15.9 Å². The number of ketones is 1. The first-order chi connectivity index (χ1) is 14.5. The Kier molecular flexibility index (Phi) is 5.30. The van der Waals surface area contributed by atoms with Crippen molar-refractivity contribution in [2.45, 2.75) is 6.42 Å². The number of nitrogens with one attached hydrogen (secondary N) is 2. The second-order valence-electron chi connectivity index (χ2n) is 6.86. The Morgan fingerprint density at radius 1 is 1.03 bits per heavy atom. The Balaban J connectivity index is 1.24. The van der Waals surface area contributed by atoms with Crippen molar-refractivity contribution < 1.29 is 23.9 Å². The summed E-state index contributed by atoms with van der Waals surface area (Å²) in [6.45, 7) is -0.487. The molecule has 30 heavy (non-hydrogen) atoms. The summed E-state index contributed by atoms with van der Waals surface area (Å²) in [5.74, 6) is -2.64. The van der Waals surface area contributed by atoms with Crippen molar-refractivity contribution in [3.63, 3.8) is 0 Å². The molecule has 0 fully saturated rings. The molecule has 2 N–H and O–H groups in total. The fourth-order valence-electron chi connectivity index (χ4n) is 3.45. The predicted octanol–water partition coefficient (Wildman–Crippen LogP) is 1.60. The van der Waals surface area contributed by atoms with E-state index in [1.807, 2.05) is 30.5 Å². The van der Waals surface area contributed by atoms with Gasteiger partial charge in [0.15, 0.2) is 6.61 Å². The molecule has 8 nitrogen and oxygen atoms in total. The van der Waals surface area contributed by atoms with Gasteiger partial charge in [-0.3, -0.25) is 24.1 Å². The van der Waals surface area contributed by atoms with Gasteiger partial charge in [-0.1, -0.05) is 30.3 Å². The maximum atomic E-state index is 12.1. The molecule has 2 amide bonds. The van der Waals surface area contributed by atoms with E-state index in [0.717, 1.165) is 21.4 Å². The third kappa shape index (κ3) is 3.80. The molecule has 2 heterocycles. The van der Waals surface area contributed by atoms with Gasteiger partial charge in [0.1, 0.15) is 6.54 Å². The number of amides is 2. The van der Waals surface area contributed by atoms with Gasteiger partial charge < -0.3 is 15.0 Å². The SMILES string of the molecule is O=C(COC(=O)CN1C(=O)C(=O)c2ccccc21)NCCc1c[nH]c2ccccc12. The first kappa shape index (κ1) is 19.4. The van der Waals surface area contributed by atoms with E-state index in [9.17, 15) is 19.2 Å². The maximum Gasteiger partial charge on any atom is 0.326 e. The smallest absolute Gasteiger partial charge is 0.326 e. The number of carbonyl (C=O) groups excluding carboxylic acids is 4. The van der Waals surface area contributed by atoms with Crippen LogP contribution in [0.5, 0.6) is 0 Å². The summed E-state index contributed by atoms with van der Waals surface area (Å²) < 4.78 is 4.96. The number of ether oxygens (including phenoxy) is 1. The van der Waals surface area contributed by atoms with Gasteiger partial charge in [-0.2, -0.15) is 0 Å². The number of aromatic nitrogens is 1. The molecule has 8 heteroatoms. The Bertz CT molecular complexity index is 1150. The number of fused-ring (bicyclic) bond motifs is 2. The molecule has 152 valence electrons. The third-order valence-corrected chi connectivity index (χ3v) is 4.92. The molecule has 4 rings (SSSR count). The van der Waals surface area contributed by atoms with E-state index in [-0.39, 0.29) is 5.56 Å². The minimum Gasteiger partial charge on any atom is -0.454 e. The molecule has 0 unspecified atom stereocenters. The molecule has 0 aliphatic carbocycles. The minimum absolute atomic E-state index is 0.255. The Morgan fingerprint density at radius 2 is 1.80 bits per heavy atom. The van der Waals surface area contributed by atoms with Crippen molar-refractivity contribution in [3.8, 4) is 0 Å². The molecule has 0 bridgehead atoms. The molecule has 0 spiro atoms. The van der Waals surface area contributed by atoms with Crippen molar-refractivity contribution >= 4 is 40.2 Å². The van der Waals surface area contributed by atoms with E-state index in [1.165, 1.54) is 6.07 Å². The molecule has 3 aromatic rings. The highest BCUT2D eigenvalue weighted by atomic mass is 16.5. The number of hydrogen-bond acceptors (Lipinski definition) is 5. The minimum atomic E-state index is -0.781. The highest BCUT2D eigenvalue weighted by Gasteiger charge is 2.36. The zero-order chi connectivity index (χ0) is 21.1. The van der Waals surface area contributed by atoms with E-state index < -0.39 is 36.7 Å². The number of Topliss-reactive ketones (excluding diaryl/α,β-unsaturated/α-hetero) is 1. The van der Waals surface area contributed by atoms with Gasteiger partial charge in [0.05, 0.1) is 11.3 Å². The molecule has 1 aliphatic rings. The van der Waals surface area contributed by atoms with Crippen molar-refractivity contribution in [2.75, 3.05) is 24.6 Å². The molecular weight excluding hydrogens is 386 g/mol. The van der Waals surface area contributed by atoms with Crippen molar-refractivity contribution in [2.24, 2.45) is 0 Å². The van der Waals surface area contributed by atoms with E-state index in [4.69, 9.17) is 4.74 Å². The quantitative estimate of drug-likeness (QED) is 0.459. The lowest BCUT2D eigenvalue weighted by atomic mass is 10.1. The Morgan fingerprint density at radius 3 is 2.67 bits per heavy atom. The zero-order valence-electron chi connectivity index (χ0n) is 16.0. The van der Waals surface area contributed by atoms with Crippen LogP contribution in [0.25, 0.3) is 10.9 Å². The maximum absolute atomic E-state index is 12.1. The fourth-order valence-corrected chi connectivity index (χ4v) is 3.45. The van der Waals surface area contributed by atoms with Crippen LogP contribution in [0.2, 0.25) is 0 Å². The number of aromatic amines is 1. The topological polar surface area (TPSA) is 109 Å². The Hall–Kier alpha value is -3.94. The summed E-state index contributed by atoms with van der Waals surface area (Å²) in [7, 11) is 0. The lowest BCUT2D eigenvalue weighted by Crippen LogP contribution is -2.37. The summed E-state index contributed by atoms with van der Waals surface area (Å²) in [5, 5.41) is 3.80. The summed E-state index contributed by atoms with van der Waals surface area (Å²) in [6, 6.07) is 14.3. The zero-order valence-corrected chi connectivity index (χ0v) is 16.0. The second kappa shape index (κ2) is 8.20. The number of carbonyl (C=O) groups is 4. The molecule has 1 aliphatic heterocycles. The monoisotopic (exact) mass is 405 g/mol. The molecule has 0 atom stereocenters. The van der Waals surface area contributed by atoms with Crippen LogP contribution in [0.15, 0.2) is 54.7 Å². The number of H-pyrrole nitrogens is 1. The van der Waals surface area contributed by atoms with E-state index in [2.05, 4.69) is 10.3 Å². The molecule has 1 aromatic heterocycles. The molecule has 0 saturated carbocycles. The lowest BCUT2D eigenvalue weighted by Gasteiger charge is -2.15. The number of esters is 1. The highest BCUT2D eigenvalue weighted by Crippen LogP contribution is 2.28. The van der Waals surface area contributed by atoms with Gasteiger partial charge in [0, 0.05) is 23.6 Å². The normalized spacial score (nSPS) is 12.9. The van der Waals surface area contributed by atoms with Crippen molar-refractivity contribution in [1.82, 2.24) is 10.3 Å². The van der Waals surface area contributed by atoms with Gasteiger partial charge in [-0.05, 0) is 30.2 Å². The fraction of sp³-hybridized carbons (Fsp3) is 0.182. The van der Waals surface area contributed by atoms with E-state index >= 15 is 0 Å². The summed E-state index contributed by atoms with van der Waals surface area (Å²) in [4.78, 5) is 52.3. The van der Waals surface area contributed by atoms with Crippen molar-refractivity contribution in [3.05, 3.63) is 65.9 Å².